The molecular weight excluding hydrogens is 299 g/mol. The molecule has 0 bridgehead atoms. The second kappa shape index (κ2) is 4.92. The standard InChI is InChI=1S/C14H10ClFN2OS/c1-19-9-3-5-11-13(7-9)18(14(20)17-11)12-6-8(16)2-4-10(12)15/h2-7H,1H3,(H,17,20). The first-order valence-corrected chi connectivity index (χ1v) is 6.63. The third-order valence-electron chi connectivity index (χ3n) is 3.04. The first kappa shape index (κ1) is 13.1. The van der Waals surface area contributed by atoms with Crippen molar-refractivity contribution in [3.8, 4) is 11.4 Å². The Morgan fingerprint density at radius 2 is 2.05 bits per heavy atom. The highest BCUT2D eigenvalue weighted by Crippen LogP contribution is 2.28. The Morgan fingerprint density at radius 3 is 2.80 bits per heavy atom. The summed E-state index contributed by atoms with van der Waals surface area (Å²) < 4.78 is 20.8. The lowest BCUT2D eigenvalue weighted by atomic mass is 10.2. The van der Waals surface area contributed by atoms with E-state index in [1.165, 1.54) is 18.2 Å². The van der Waals surface area contributed by atoms with E-state index in [-0.39, 0.29) is 5.82 Å². The molecule has 0 spiro atoms. The van der Waals surface area contributed by atoms with Crippen molar-refractivity contribution in [3.05, 3.63) is 52.0 Å². The van der Waals surface area contributed by atoms with Gasteiger partial charge in [0.05, 0.1) is 28.9 Å². The van der Waals surface area contributed by atoms with Gasteiger partial charge in [0.1, 0.15) is 11.6 Å². The topological polar surface area (TPSA) is 29.9 Å². The van der Waals surface area contributed by atoms with Crippen LogP contribution in [0.1, 0.15) is 0 Å². The summed E-state index contributed by atoms with van der Waals surface area (Å²) in [4.78, 5) is 3.06. The monoisotopic (exact) mass is 308 g/mol. The van der Waals surface area contributed by atoms with Gasteiger partial charge >= 0.3 is 0 Å². The lowest BCUT2D eigenvalue weighted by molar-refractivity contribution is 0.415. The highest BCUT2D eigenvalue weighted by molar-refractivity contribution is 7.71. The quantitative estimate of drug-likeness (QED) is 0.707. The predicted octanol–water partition coefficient (Wildman–Crippen LogP) is 4.49. The van der Waals surface area contributed by atoms with Crippen LogP contribution in [-0.2, 0) is 0 Å². The van der Waals surface area contributed by atoms with Crippen molar-refractivity contribution in [2.45, 2.75) is 0 Å². The molecule has 3 rings (SSSR count). The van der Waals surface area contributed by atoms with Gasteiger partial charge in [0.25, 0.3) is 0 Å². The van der Waals surface area contributed by atoms with E-state index < -0.39 is 0 Å². The maximum atomic E-state index is 13.5. The molecule has 1 heterocycles. The fourth-order valence-electron chi connectivity index (χ4n) is 2.11. The third-order valence-corrected chi connectivity index (χ3v) is 3.64. The Hall–Kier alpha value is -1.85. The van der Waals surface area contributed by atoms with Crippen molar-refractivity contribution in [1.29, 1.82) is 0 Å². The van der Waals surface area contributed by atoms with Gasteiger partial charge in [0.15, 0.2) is 4.77 Å². The molecule has 0 saturated heterocycles. The molecule has 0 unspecified atom stereocenters. The number of fused-ring (bicyclic) bond motifs is 1. The first-order chi connectivity index (χ1) is 9.60. The minimum Gasteiger partial charge on any atom is -0.497 e. The van der Waals surface area contributed by atoms with E-state index in [9.17, 15) is 4.39 Å². The maximum Gasteiger partial charge on any atom is 0.182 e. The molecule has 2 aromatic carbocycles. The Kier molecular flexibility index (Phi) is 3.23. The van der Waals surface area contributed by atoms with Crippen LogP contribution in [0.4, 0.5) is 4.39 Å². The van der Waals surface area contributed by atoms with E-state index in [1.54, 1.807) is 11.7 Å². The van der Waals surface area contributed by atoms with Gasteiger partial charge in [0, 0.05) is 6.07 Å². The van der Waals surface area contributed by atoms with Gasteiger partial charge in [-0.1, -0.05) is 11.6 Å². The summed E-state index contributed by atoms with van der Waals surface area (Å²) in [5.74, 6) is 0.316. The van der Waals surface area contributed by atoms with Gasteiger partial charge in [-0.05, 0) is 42.5 Å². The summed E-state index contributed by atoms with van der Waals surface area (Å²) in [5.41, 5.74) is 2.11. The fourth-order valence-corrected chi connectivity index (χ4v) is 2.61. The molecule has 0 aliphatic heterocycles. The summed E-state index contributed by atoms with van der Waals surface area (Å²) in [5, 5.41) is 0.422. The number of methoxy groups -OCH3 is 1. The lowest BCUT2D eigenvalue weighted by Crippen LogP contribution is -1.96. The van der Waals surface area contributed by atoms with Gasteiger partial charge in [-0.15, -0.1) is 0 Å². The number of hydrogen-bond donors (Lipinski definition) is 1. The molecule has 6 heteroatoms. The summed E-state index contributed by atoms with van der Waals surface area (Å²) >= 11 is 11.5. The number of nitrogens with one attached hydrogen (secondary N) is 1. The summed E-state index contributed by atoms with van der Waals surface area (Å²) in [6.45, 7) is 0. The molecule has 0 radical (unpaired) electrons. The van der Waals surface area contributed by atoms with Crippen LogP contribution >= 0.6 is 23.8 Å². The van der Waals surface area contributed by atoms with E-state index in [0.29, 0.717) is 21.2 Å². The van der Waals surface area contributed by atoms with Crippen LogP contribution in [0.3, 0.4) is 0 Å². The lowest BCUT2D eigenvalue weighted by Gasteiger charge is -2.08. The Morgan fingerprint density at radius 1 is 1.25 bits per heavy atom. The molecule has 0 atom stereocenters. The van der Waals surface area contributed by atoms with Crippen molar-refractivity contribution >= 4 is 34.9 Å². The van der Waals surface area contributed by atoms with E-state index in [1.807, 2.05) is 18.2 Å². The number of aromatic nitrogens is 2. The zero-order valence-electron chi connectivity index (χ0n) is 10.5. The molecule has 0 aliphatic carbocycles. The number of halogens is 2. The number of rotatable bonds is 2. The Labute approximate surface area is 124 Å². The van der Waals surface area contributed by atoms with Crippen LogP contribution in [0.15, 0.2) is 36.4 Å². The van der Waals surface area contributed by atoms with Gasteiger partial charge in [-0.3, -0.25) is 4.57 Å². The number of H-pyrrole nitrogens is 1. The van der Waals surface area contributed by atoms with E-state index >= 15 is 0 Å². The molecule has 0 amide bonds. The molecule has 3 nitrogen and oxygen atoms in total. The van der Waals surface area contributed by atoms with Crippen LogP contribution in [0.25, 0.3) is 16.7 Å². The SMILES string of the molecule is COc1ccc2[nH]c(=S)n(-c3cc(F)ccc3Cl)c2c1. The molecule has 102 valence electrons. The highest BCUT2D eigenvalue weighted by atomic mass is 35.5. The van der Waals surface area contributed by atoms with Crippen molar-refractivity contribution in [2.24, 2.45) is 0 Å². The van der Waals surface area contributed by atoms with Crippen LogP contribution in [0.5, 0.6) is 5.75 Å². The summed E-state index contributed by atoms with van der Waals surface area (Å²) in [7, 11) is 1.59. The predicted molar refractivity (Wildman–Crippen MR) is 80.0 cm³/mol. The van der Waals surface area contributed by atoms with Crippen molar-refractivity contribution in [3.63, 3.8) is 0 Å². The molecule has 0 saturated carbocycles. The average molecular weight is 309 g/mol. The average Bonchev–Trinajstić information content (AvgIpc) is 2.76. The number of hydrogen-bond acceptors (Lipinski definition) is 2. The van der Waals surface area contributed by atoms with Gasteiger partial charge in [-0.2, -0.15) is 0 Å². The Bertz CT molecular complexity index is 856. The number of ether oxygens (including phenoxy) is 1. The largest absolute Gasteiger partial charge is 0.497 e. The zero-order chi connectivity index (χ0) is 14.3. The molecule has 20 heavy (non-hydrogen) atoms. The van der Waals surface area contributed by atoms with E-state index in [4.69, 9.17) is 28.6 Å². The molecule has 0 aliphatic rings. The van der Waals surface area contributed by atoms with Crippen LogP contribution in [0, 0.1) is 10.6 Å². The van der Waals surface area contributed by atoms with E-state index in [0.717, 1.165) is 11.0 Å². The van der Waals surface area contributed by atoms with Gasteiger partial charge in [-0.25, -0.2) is 4.39 Å². The summed E-state index contributed by atoms with van der Waals surface area (Å²) in [6, 6.07) is 9.67. The molecular formula is C14H10ClFN2OS. The third kappa shape index (κ3) is 2.09. The normalized spacial score (nSPS) is 10.9. The molecule has 1 aromatic heterocycles. The zero-order valence-corrected chi connectivity index (χ0v) is 12.1. The summed E-state index contributed by atoms with van der Waals surface area (Å²) in [6.07, 6.45) is 0. The van der Waals surface area contributed by atoms with Gasteiger partial charge in [0.2, 0.25) is 0 Å². The molecule has 3 aromatic rings. The number of nitrogens with zero attached hydrogens (tertiary/aromatic N) is 1. The second-order valence-electron chi connectivity index (χ2n) is 4.24. The second-order valence-corrected chi connectivity index (χ2v) is 5.04. The Balaban J connectivity index is 2.37. The van der Waals surface area contributed by atoms with E-state index in [2.05, 4.69) is 4.98 Å². The smallest absolute Gasteiger partial charge is 0.182 e. The molecule has 1 N–H and O–H groups in total. The number of imidazole rings is 1. The van der Waals surface area contributed by atoms with Crippen LogP contribution in [-0.4, -0.2) is 16.7 Å². The minimum atomic E-state index is -0.372. The van der Waals surface area contributed by atoms with Gasteiger partial charge < -0.3 is 9.72 Å². The number of aromatic amines is 1. The van der Waals surface area contributed by atoms with Crippen molar-refractivity contribution in [1.82, 2.24) is 9.55 Å². The fraction of sp³-hybridized carbons (Fsp3) is 0.0714. The molecule has 0 fully saturated rings. The van der Waals surface area contributed by atoms with Crippen molar-refractivity contribution in [2.75, 3.05) is 7.11 Å². The minimum absolute atomic E-state index is 0.372. The highest BCUT2D eigenvalue weighted by Gasteiger charge is 2.11. The van der Waals surface area contributed by atoms with Crippen LogP contribution < -0.4 is 4.74 Å². The van der Waals surface area contributed by atoms with Crippen molar-refractivity contribution < 1.29 is 9.13 Å². The maximum absolute atomic E-state index is 13.5. The number of benzene rings is 2. The van der Waals surface area contributed by atoms with Crippen LogP contribution in [0.2, 0.25) is 5.02 Å². The first-order valence-electron chi connectivity index (χ1n) is 5.84.